The van der Waals surface area contributed by atoms with E-state index in [9.17, 15) is 0 Å². The average molecular weight is 841 g/mol. The van der Waals surface area contributed by atoms with Crippen LogP contribution in [-0.2, 0) is 5.41 Å². The van der Waals surface area contributed by atoms with Gasteiger partial charge in [0.2, 0.25) is 0 Å². The predicted octanol–water partition coefficient (Wildman–Crippen LogP) is 16.2. The molecule has 0 saturated heterocycles. The third kappa shape index (κ3) is 5.91. The molecule has 0 saturated carbocycles. The maximum atomic E-state index is 6.59. The molecule has 308 valence electrons. The van der Waals surface area contributed by atoms with Crippen molar-refractivity contribution < 1.29 is 4.42 Å². The number of fused-ring (bicyclic) bond motifs is 7. The SMILES string of the molecule is c1ccc(-c2ccc(-c3cc(-c4cccc5c4oc4ccccc45)nc(-c4ccc(-c5ccc6c(c5)-c5ccccc5C6(c5ccccc5)c5ccccc5)c5ccccc45)n3)cc2)cc1. The van der Waals surface area contributed by atoms with Crippen LogP contribution >= 0.6 is 0 Å². The fraction of sp³-hybridized carbons (Fsp3) is 0.0159. The van der Waals surface area contributed by atoms with Crippen LogP contribution in [0, 0.1) is 0 Å². The molecule has 0 unspecified atom stereocenters. The Labute approximate surface area is 383 Å². The molecule has 0 amide bonds. The highest BCUT2D eigenvalue weighted by Gasteiger charge is 2.46. The molecule has 10 aromatic carbocycles. The highest BCUT2D eigenvalue weighted by Crippen LogP contribution is 2.57. The third-order valence-electron chi connectivity index (χ3n) is 13.6. The minimum Gasteiger partial charge on any atom is -0.455 e. The van der Waals surface area contributed by atoms with Gasteiger partial charge in [0.25, 0.3) is 0 Å². The molecule has 12 aromatic rings. The Hall–Kier alpha value is -8.66. The zero-order chi connectivity index (χ0) is 43.6. The number of hydrogen-bond acceptors (Lipinski definition) is 3. The molecule has 0 fully saturated rings. The third-order valence-corrected chi connectivity index (χ3v) is 13.6. The van der Waals surface area contributed by atoms with Crippen LogP contribution in [0.25, 0.3) is 100.0 Å². The topological polar surface area (TPSA) is 38.9 Å². The quantitative estimate of drug-likeness (QED) is 0.160. The van der Waals surface area contributed by atoms with Crippen molar-refractivity contribution in [2.24, 2.45) is 0 Å². The van der Waals surface area contributed by atoms with E-state index >= 15 is 0 Å². The monoisotopic (exact) mass is 840 g/mol. The number of aromatic nitrogens is 2. The Balaban J connectivity index is 0.986. The summed E-state index contributed by atoms with van der Waals surface area (Å²) in [5, 5.41) is 4.38. The normalized spacial score (nSPS) is 12.7. The summed E-state index contributed by atoms with van der Waals surface area (Å²) in [6.07, 6.45) is 0. The minimum absolute atomic E-state index is 0.451. The molecule has 0 atom stereocenters. The lowest BCUT2D eigenvalue weighted by Gasteiger charge is -2.33. The molecule has 3 heteroatoms. The van der Waals surface area contributed by atoms with E-state index in [0.717, 1.165) is 77.5 Å². The number of nitrogens with zero attached hydrogens (tertiary/aromatic N) is 2. The van der Waals surface area contributed by atoms with Gasteiger partial charge in [-0.15, -0.1) is 0 Å². The molecule has 66 heavy (non-hydrogen) atoms. The van der Waals surface area contributed by atoms with Crippen molar-refractivity contribution in [3.8, 4) is 67.3 Å². The Bertz CT molecular complexity index is 3760. The van der Waals surface area contributed by atoms with E-state index in [0.29, 0.717) is 5.82 Å². The van der Waals surface area contributed by atoms with Gasteiger partial charge in [0.1, 0.15) is 11.2 Å². The van der Waals surface area contributed by atoms with E-state index in [-0.39, 0.29) is 0 Å². The van der Waals surface area contributed by atoms with Crippen LogP contribution in [0.1, 0.15) is 22.3 Å². The molecule has 0 bridgehead atoms. The van der Waals surface area contributed by atoms with Gasteiger partial charge in [-0.25, -0.2) is 9.97 Å². The number of furan rings is 1. The van der Waals surface area contributed by atoms with Crippen LogP contribution < -0.4 is 0 Å². The van der Waals surface area contributed by atoms with Crippen LogP contribution in [0.5, 0.6) is 0 Å². The summed E-state index contributed by atoms with van der Waals surface area (Å²) in [5.41, 5.74) is 18.0. The maximum absolute atomic E-state index is 6.59. The fourth-order valence-corrected chi connectivity index (χ4v) is 10.6. The lowest BCUT2D eigenvalue weighted by atomic mass is 9.67. The van der Waals surface area contributed by atoms with E-state index in [1.807, 2.05) is 18.2 Å². The first kappa shape index (κ1) is 37.9. The number of hydrogen-bond donors (Lipinski definition) is 0. The highest BCUT2D eigenvalue weighted by molar-refractivity contribution is 6.10. The highest BCUT2D eigenvalue weighted by atomic mass is 16.3. The van der Waals surface area contributed by atoms with E-state index in [1.54, 1.807) is 0 Å². The summed E-state index contributed by atoms with van der Waals surface area (Å²) in [6, 6.07) is 87.0. The first-order valence-corrected chi connectivity index (χ1v) is 22.6. The van der Waals surface area contributed by atoms with Crippen LogP contribution in [0.15, 0.2) is 247 Å². The fourth-order valence-electron chi connectivity index (χ4n) is 10.6. The Morgan fingerprint density at radius 1 is 0.303 bits per heavy atom. The first-order valence-electron chi connectivity index (χ1n) is 22.6. The predicted molar refractivity (Wildman–Crippen MR) is 271 cm³/mol. The van der Waals surface area contributed by atoms with Crippen LogP contribution in [0.4, 0.5) is 0 Å². The lowest BCUT2D eigenvalue weighted by molar-refractivity contribution is 0.670. The molecular weight excluding hydrogens is 801 g/mol. The molecule has 13 rings (SSSR count). The van der Waals surface area contributed by atoms with Crippen molar-refractivity contribution in [2.45, 2.75) is 5.41 Å². The average Bonchev–Trinajstić information content (AvgIpc) is 3.93. The van der Waals surface area contributed by atoms with E-state index in [1.165, 1.54) is 38.9 Å². The number of para-hydroxylation sites is 2. The van der Waals surface area contributed by atoms with Crippen LogP contribution in [0.3, 0.4) is 0 Å². The summed E-state index contributed by atoms with van der Waals surface area (Å²) in [4.78, 5) is 10.8. The summed E-state index contributed by atoms with van der Waals surface area (Å²) in [5.74, 6) is 0.656. The lowest BCUT2D eigenvalue weighted by Crippen LogP contribution is -2.28. The molecule has 0 aliphatic heterocycles. The zero-order valence-corrected chi connectivity index (χ0v) is 35.9. The van der Waals surface area contributed by atoms with E-state index in [2.05, 4.69) is 224 Å². The van der Waals surface area contributed by atoms with Gasteiger partial charge < -0.3 is 4.42 Å². The zero-order valence-electron chi connectivity index (χ0n) is 35.9. The Morgan fingerprint density at radius 3 is 1.59 bits per heavy atom. The van der Waals surface area contributed by atoms with Crippen molar-refractivity contribution in [1.82, 2.24) is 9.97 Å². The number of rotatable bonds is 7. The molecule has 2 aromatic heterocycles. The van der Waals surface area contributed by atoms with Crippen molar-refractivity contribution in [2.75, 3.05) is 0 Å². The Kier molecular flexibility index (Phi) is 8.75. The van der Waals surface area contributed by atoms with Crippen molar-refractivity contribution in [1.29, 1.82) is 0 Å². The van der Waals surface area contributed by atoms with Gasteiger partial charge in [0.15, 0.2) is 5.82 Å². The summed E-state index contributed by atoms with van der Waals surface area (Å²) < 4.78 is 6.59. The van der Waals surface area contributed by atoms with Gasteiger partial charge >= 0.3 is 0 Å². The van der Waals surface area contributed by atoms with Gasteiger partial charge in [-0.05, 0) is 96.7 Å². The van der Waals surface area contributed by atoms with Gasteiger partial charge in [0, 0.05) is 27.5 Å². The second-order valence-electron chi connectivity index (χ2n) is 17.2. The molecule has 0 spiro atoms. The van der Waals surface area contributed by atoms with Crippen molar-refractivity contribution in [3.05, 3.63) is 265 Å². The molecule has 0 radical (unpaired) electrons. The second kappa shape index (κ2) is 15.3. The maximum Gasteiger partial charge on any atom is 0.161 e. The van der Waals surface area contributed by atoms with Gasteiger partial charge in [-0.3, -0.25) is 0 Å². The van der Waals surface area contributed by atoms with Crippen LogP contribution in [0.2, 0.25) is 0 Å². The minimum atomic E-state index is -0.451. The molecule has 1 aliphatic carbocycles. The largest absolute Gasteiger partial charge is 0.455 e. The van der Waals surface area contributed by atoms with Gasteiger partial charge in [0.05, 0.1) is 16.8 Å². The summed E-state index contributed by atoms with van der Waals surface area (Å²) in [6.45, 7) is 0. The van der Waals surface area contributed by atoms with Gasteiger partial charge in [-0.2, -0.15) is 0 Å². The van der Waals surface area contributed by atoms with Crippen molar-refractivity contribution in [3.63, 3.8) is 0 Å². The van der Waals surface area contributed by atoms with Gasteiger partial charge in [-0.1, -0.05) is 212 Å². The standard InChI is InChI=1S/C63H40N2O/c1-4-17-41(18-5-1)42-31-33-43(34-32-42)58-40-59(54-28-16-27-52-51-26-13-15-30-60(51)66-61(52)54)65-62(64-58)53-37-36-47(48-23-10-11-24-49(48)53)44-35-38-57-55(39-44)50-25-12-14-29-56(50)63(57,45-19-6-2-7-20-45)46-21-8-3-9-22-46/h1-40H. The smallest absolute Gasteiger partial charge is 0.161 e. The first-order chi connectivity index (χ1) is 32.7. The summed E-state index contributed by atoms with van der Waals surface area (Å²) in [7, 11) is 0. The van der Waals surface area contributed by atoms with Crippen molar-refractivity contribution >= 4 is 32.7 Å². The Morgan fingerprint density at radius 2 is 0.833 bits per heavy atom. The van der Waals surface area contributed by atoms with E-state index in [4.69, 9.17) is 14.4 Å². The summed E-state index contributed by atoms with van der Waals surface area (Å²) >= 11 is 0. The molecule has 3 nitrogen and oxygen atoms in total. The van der Waals surface area contributed by atoms with E-state index < -0.39 is 5.41 Å². The molecule has 1 aliphatic rings. The molecule has 2 heterocycles. The molecular formula is C63H40N2O. The number of benzene rings is 10. The van der Waals surface area contributed by atoms with Crippen LogP contribution in [-0.4, -0.2) is 9.97 Å². The molecule has 0 N–H and O–H groups in total. The second-order valence-corrected chi connectivity index (χ2v) is 17.2.